The quantitative estimate of drug-likeness (QED) is 0.775. The minimum atomic E-state index is -0.350. The normalized spacial score (nSPS) is 12.8. The predicted molar refractivity (Wildman–Crippen MR) is 60.7 cm³/mol. The number of nitrogens with zero attached hydrogens (tertiary/aromatic N) is 2. The zero-order valence-corrected chi connectivity index (χ0v) is 9.05. The lowest BCUT2D eigenvalue weighted by atomic mass is 10.2. The maximum Gasteiger partial charge on any atom is 0.234 e. The molecule has 0 aromatic carbocycles. The van der Waals surface area contributed by atoms with Crippen molar-refractivity contribution < 1.29 is 4.79 Å². The number of carbonyl (C=O) groups excluding carboxylic acids is 1. The number of rotatable bonds is 4. The molecule has 0 aliphatic rings. The molecule has 0 saturated carbocycles. The smallest absolute Gasteiger partial charge is 0.234 e. The molecule has 5 nitrogen and oxygen atoms in total. The fourth-order valence-corrected chi connectivity index (χ4v) is 1.49. The number of primary amides is 1. The van der Waals surface area contributed by atoms with Gasteiger partial charge in [-0.25, -0.2) is 4.52 Å². The van der Waals surface area contributed by atoms with Gasteiger partial charge in [0.05, 0.1) is 17.8 Å². The van der Waals surface area contributed by atoms with Crippen molar-refractivity contribution in [1.29, 1.82) is 0 Å². The third-order valence-corrected chi connectivity index (χ3v) is 2.53. The van der Waals surface area contributed by atoms with Crippen LogP contribution < -0.4 is 11.1 Å². The van der Waals surface area contributed by atoms with E-state index in [1.807, 2.05) is 24.4 Å². The summed E-state index contributed by atoms with van der Waals surface area (Å²) in [5.41, 5.74) is 7.25. The fourth-order valence-electron chi connectivity index (χ4n) is 1.49. The topological polar surface area (TPSA) is 72.4 Å². The van der Waals surface area contributed by atoms with E-state index >= 15 is 0 Å². The van der Waals surface area contributed by atoms with Crippen LogP contribution >= 0.6 is 0 Å². The number of hydrogen-bond donors (Lipinski definition) is 2. The molecule has 2 aromatic rings. The highest BCUT2D eigenvalue weighted by Gasteiger charge is 2.09. The number of hydrogen-bond acceptors (Lipinski definition) is 3. The maximum absolute atomic E-state index is 10.9. The van der Waals surface area contributed by atoms with E-state index in [-0.39, 0.29) is 11.9 Å². The van der Waals surface area contributed by atoms with Gasteiger partial charge in [-0.3, -0.25) is 4.79 Å². The first-order valence-electron chi connectivity index (χ1n) is 5.12. The van der Waals surface area contributed by atoms with Crippen LogP contribution in [-0.4, -0.2) is 21.6 Å². The number of carbonyl (C=O) groups is 1. The second kappa shape index (κ2) is 4.32. The van der Waals surface area contributed by atoms with Crippen LogP contribution in [0.1, 0.15) is 12.5 Å². The van der Waals surface area contributed by atoms with Crippen LogP contribution in [0.2, 0.25) is 0 Å². The summed E-state index contributed by atoms with van der Waals surface area (Å²) in [6, 6.07) is 5.53. The molecule has 1 unspecified atom stereocenters. The molecule has 2 rings (SSSR count). The summed E-state index contributed by atoms with van der Waals surface area (Å²) in [7, 11) is 0. The standard InChI is InChI=1S/C11H14N4O/c1-8(11(12)16)13-6-9-7-14-15-5-3-2-4-10(9)15/h2-5,7-8,13H,6H2,1H3,(H2,12,16). The van der Waals surface area contributed by atoms with Crippen LogP contribution in [0.3, 0.4) is 0 Å². The Labute approximate surface area is 93.2 Å². The predicted octanol–water partition coefficient (Wildman–Crippen LogP) is 0.298. The summed E-state index contributed by atoms with van der Waals surface area (Å²) in [6.45, 7) is 2.33. The molecule has 2 aromatic heterocycles. The second-order valence-corrected chi connectivity index (χ2v) is 3.71. The van der Waals surface area contributed by atoms with Gasteiger partial charge >= 0.3 is 0 Å². The lowest BCUT2D eigenvalue weighted by molar-refractivity contribution is -0.119. The fraction of sp³-hybridized carbons (Fsp3) is 0.273. The minimum Gasteiger partial charge on any atom is -0.368 e. The highest BCUT2D eigenvalue weighted by Crippen LogP contribution is 2.09. The van der Waals surface area contributed by atoms with E-state index < -0.39 is 0 Å². The maximum atomic E-state index is 10.9. The molecule has 16 heavy (non-hydrogen) atoms. The van der Waals surface area contributed by atoms with Crippen LogP contribution in [0.15, 0.2) is 30.6 Å². The molecule has 0 saturated heterocycles. The van der Waals surface area contributed by atoms with Crippen LogP contribution in [-0.2, 0) is 11.3 Å². The summed E-state index contributed by atoms with van der Waals surface area (Å²) < 4.78 is 1.80. The van der Waals surface area contributed by atoms with Crippen molar-refractivity contribution in [3.05, 3.63) is 36.2 Å². The first kappa shape index (κ1) is 10.6. The molecule has 5 heteroatoms. The summed E-state index contributed by atoms with van der Waals surface area (Å²) in [4.78, 5) is 10.9. The van der Waals surface area contributed by atoms with Crippen LogP contribution in [0.4, 0.5) is 0 Å². The van der Waals surface area contributed by atoms with E-state index in [0.29, 0.717) is 6.54 Å². The van der Waals surface area contributed by atoms with E-state index in [1.54, 1.807) is 17.6 Å². The van der Waals surface area contributed by atoms with Crippen LogP contribution in [0, 0.1) is 0 Å². The molecular weight excluding hydrogens is 204 g/mol. The molecule has 0 radical (unpaired) electrons. The first-order chi connectivity index (χ1) is 7.68. The average molecular weight is 218 g/mol. The van der Waals surface area contributed by atoms with Crippen LogP contribution in [0.5, 0.6) is 0 Å². The van der Waals surface area contributed by atoms with Crippen molar-refractivity contribution in [2.24, 2.45) is 5.73 Å². The van der Waals surface area contributed by atoms with Gasteiger partial charge in [0.2, 0.25) is 5.91 Å². The first-order valence-corrected chi connectivity index (χ1v) is 5.12. The lowest BCUT2D eigenvalue weighted by Crippen LogP contribution is -2.38. The highest BCUT2D eigenvalue weighted by molar-refractivity contribution is 5.79. The molecular formula is C11H14N4O. The Bertz CT molecular complexity index is 505. The van der Waals surface area contributed by atoms with E-state index in [0.717, 1.165) is 11.1 Å². The van der Waals surface area contributed by atoms with Gasteiger partial charge in [0.25, 0.3) is 0 Å². The number of pyridine rings is 1. The van der Waals surface area contributed by atoms with E-state index in [1.165, 1.54) is 0 Å². The van der Waals surface area contributed by atoms with Gasteiger partial charge in [-0.15, -0.1) is 0 Å². The zero-order valence-electron chi connectivity index (χ0n) is 9.05. The van der Waals surface area contributed by atoms with Crippen LogP contribution in [0.25, 0.3) is 5.52 Å². The third-order valence-electron chi connectivity index (χ3n) is 2.53. The Kier molecular flexibility index (Phi) is 2.87. The van der Waals surface area contributed by atoms with Gasteiger partial charge in [-0.2, -0.15) is 5.10 Å². The second-order valence-electron chi connectivity index (χ2n) is 3.71. The van der Waals surface area contributed by atoms with E-state index in [4.69, 9.17) is 5.73 Å². The Morgan fingerprint density at radius 1 is 1.62 bits per heavy atom. The summed E-state index contributed by atoms with van der Waals surface area (Å²) in [6.07, 6.45) is 3.67. The number of nitrogens with two attached hydrogens (primary N) is 1. The van der Waals surface area contributed by atoms with Crippen molar-refractivity contribution >= 4 is 11.4 Å². The third kappa shape index (κ3) is 2.04. The van der Waals surface area contributed by atoms with Crippen molar-refractivity contribution in [2.45, 2.75) is 19.5 Å². The number of aromatic nitrogens is 2. The van der Waals surface area contributed by atoms with E-state index in [9.17, 15) is 4.79 Å². The number of fused-ring (bicyclic) bond motifs is 1. The van der Waals surface area contributed by atoms with Gasteiger partial charge in [0, 0.05) is 18.3 Å². The lowest BCUT2D eigenvalue weighted by Gasteiger charge is -2.08. The number of nitrogens with one attached hydrogen (secondary N) is 1. The molecule has 0 spiro atoms. The van der Waals surface area contributed by atoms with Crippen molar-refractivity contribution in [3.63, 3.8) is 0 Å². The Morgan fingerprint density at radius 2 is 2.44 bits per heavy atom. The zero-order chi connectivity index (χ0) is 11.5. The average Bonchev–Trinajstić information content (AvgIpc) is 2.69. The molecule has 0 fully saturated rings. The summed E-state index contributed by atoms with van der Waals surface area (Å²) in [5, 5.41) is 7.25. The highest BCUT2D eigenvalue weighted by atomic mass is 16.1. The molecule has 3 N–H and O–H groups in total. The molecule has 0 aliphatic heterocycles. The van der Waals surface area contributed by atoms with Gasteiger partial charge in [-0.05, 0) is 19.1 Å². The van der Waals surface area contributed by atoms with Crippen molar-refractivity contribution in [3.8, 4) is 0 Å². The number of amides is 1. The minimum absolute atomic E-state index is 0.335. The van der Waals surface area contributed by atoms with Crippen molar-refractivity contribution in [2.75, 3.05) is 0 Å². The van der Waals surface area contributed by atoms with Gasteiger partial charge in [0.15, 0.2) is 0 Å². The summed E-state index contributed by atoms with van der Waals surface area (Å²) >= 11 is 0. The van der Waals surface area contributed by atoms with Gasteiger partial charge < -0.3 is 11.1 Å². The largest absolute Gasteiger partial charge is 0.368 e. The SMILES string of the molecule is CC(NCc1cnn2ccccc12)C(N)=O. The molecule has 2 heterocycles. The molecule has 0 aliphatic carbocycles. The van der Waals surface area contributed by atoms with E-state index in [2.05, 4.69) is 10.4 Å². The molecule has 1 atom stereocenters. The van der Waals surface area contributed by atoms with Gasteiger partial charge in [0.1, 0.15) is 0 Å². The Balaban J connectivity index is 2.13. The van der Waals surface area contributed by atoms with Gasteiger partial charge in [-0.1, -0.05) is 6.07 Å². The monoisotopic (exact) mass is 218 g/mol. The molecule has 1 amide bonds. The Morgan fingerprint density at radius 3 is 3.19 bits per heavy atom. The van der Waals surface area contributed by atoms with Crippen molar-refractivity contribution in [1.82, 2.24) is 14.9 Å². The molecule has 0 bridgehead atoms. The molecule has 84 valence electrons. The Hall–Kier alpha value is -1.88. The summed E-state index contributed by atoms with van der Waals surface area (Å²) in [5.74, 6) is -0.350.